The van der Waals surface area contributed by atoms with Gasteiger partial charge in [0, 0.05) is 16.7 Å². The van der Waals surface area contributed by atoms with E-state index in [-0.39, 0.29) is 33.5 Å². The van der Waals surface area contributed by atoms with Crippen LogP contribution in [0.5, 0.6) is 5.75 Å². The van der Waals surface area contributed by atoms with E-state index in [2.05, 4.69) is 28.2 Å². The molecule has 5 aromatic carbocycles. The lowest BCUT2D eigenvalue weighted by molar-refractivity contribution is 0.0880. The molecule has 2 heterocycles. The lowest BCUT2D eigenvalue weighted by Crippen LogP contribution is -2.30. The number of nitrogens with one attached hydrogen (secondary N) is 1. The van der Waals surface area contributed by atoms with E-state index in [4.69, 9.17) is 4.74 Å². The summed E-state index contributed by atoms with van der Waals surface area (Å²) in [5, 5.41) is 1.32. The first-order valence-electron chi connectivity index (χ1n) is 18.0. The molecule has 3 aliphatic carbocycles. The Bertz CT molecular complexity index is 2860. The summed E-state index contributed by atoms with van der Waals surface area (Å²) in [5.74, 6) is -2.86. The number of nitrogens with zero attached hydrogens (tertiary/aromatic N) is 2. The summed E-state index contributed by atoms with van der Waals surface area (Å²) in [6.07, 6.45) is 12.0. The van der Waals surface area contributed by atoms with E-state index in [9.17, 15) is 24.0 Å². The smallest absolute Gasteiger partial charge is 0.266 e. The van der Waals surface area contributed by atoms with Crippen molar-refractivity contribution < 1.29 is 23.9 Å². The lowest BCUT2D eigenvalue weighted by atomic mass is 9.97. The molecule has 1 aliphatic heterocycles. The number of amides is 2. The van der Waals surface area contributed by atoms with Crippen molar-refractivity contribution in [3.05, 3.63) is 188 Å². The van der Waals surface area contributed by atoms with Gasteiger partial charge < -0.3 is 9.72 Å². The monoisotopic (exact) mass is 719 g/mol. The zero-order chi connectivity index (χ0) is 37.4. The molecule has 0 saturated carbocycles. The highest BCUT2D eigenvalue weighted by Crippen LogP contribution is 2.42. The highest BCUT2D eigenvalue weighted by atomic mass is 16.5. The molecule has 0 saturated heterocycles. The van der Waals surface area contributed by atoms with Gasteiger partial charge in [0.25, 0.3) is 17.4 Å². The van der Waals surface area contributed by atoms with Crippen molar-refractivity contribution in [2.75, 3.05) is 4.90 Å². The average Bonchev–Trinajstić information content (AvgIpc) is 4.01. The number of ether oxygens (including phenoxy) is 1. The zero-order valence-electron chi connectivity index (χ0n) is 29.2. The Morgan fingerprint density at radius 2 is 1.35 bits per heavy atom. The van der Waals surface area contributed by atoms with Crippen molar-refractivity contribution in [3.63, 3.8) is 0 Å². The number of benzene rings is 5. The van der Waals surface area contributed by atoms with Crippen molar-refractivity contribution >= 4 is 56.3 Å². The molecule has 0 bridgehead atoms. The summed E-state index contributed by atoms with van der Waals surface area (Å²) in [6.45, 7) is 0.319. The Labute approximate surface area is 313 Å². The number of Topliss-reactive ketones (excluding diaryl/α,β-unsaturated/α-hetero) is 2. The summed E-state index contributed by atoms with van der Waals surface area (Å²) in [5.41, 5.74) is 6.34. The Morgan fingerprint density at radius 1 is 0.673 bits per heavy atom. The molecule has 1 N–H and O–H groups in total. The molecule has 0 radical (unpaired) electrons. The fourth-order valence-electron chi connectivity index (χ4n) is 8.00. The lowest BCUT2D eigenvalue weighted by Gasteiger charge is -2.19. The van der Waals surface area contributed by atoms with Gasteiger partial charge in [-0.3, -0.25) is 24.0 Å². The van der Waals surface area contributed by atoms with E-state index in [0.29, 0.717) is 40.8 Å². The third kappa shape index (κ3) is 5.23. The number of H-pyrrole nitrogens is 1. The van der Waals surface area contributed by atoms with Gasteiger partial charge in [-0.05, 0) is 94.4 Å². The molecule has 2 amide bonds. The number of hydrogen-bond donors (Lipinski definition) is 1. The van der Waals surface area contributed by atoms with Gasteiger partial charge in [0.1, 0.15) is 24.1 Å². The van der Waals surface area contributed by atoms with Crippen LogP contribution in [0, 0.1) is 0 Å². The van der Waals surface area contributed by atoms with E-state index in [0.717, 1.165) is 23.1 Å². The van der Waals surface area contributed by atoms with Gasteiger partial charge in [-0.25, -0.2) is 9.88 Å². The van der Waals surface area contributed by atoms with E-state index in [1.165, 1.54) is 16.0 Å². The first-order chi connectivity index (χ1) is 26.8. The number of carbonyl (C=O) groups is 4. The fourth-order valence-corrected chi connectivity index (χ4v) is 8.00. The fraction of sp³-hybridized carbons (Fsp3) is 0.0870. The average molecular weight is 720 g/mol. The number of hydrogen-bond acceptors (Lipinski definition) is 7. The summed E-state index contributed by atoms with van der Waals surface area (Å²) in [4.78, 5) is 77.5. The predicted octanol–water partition coefficient (Wildman–Crippen LogP) is 8.22. The largest absolute Gasteiger partial charge is 0.489 e. The maximum Gasteiger partial charge on any atom is 0.266 e. The van der Waals surface area contributed by atoms with Crippen LogP contribution in [-0.4, -0.2) is 33.3 Å². The molecule has 4 aliphatic rings. The van der Waals surface area contributed by atoms with E-state index in [1.807, 2.05) is 54.6 Å². The molecule has 0 atom stereocenters. The topological polar surface area (TPSA) is 126 Å². The van der Waals surface area contributed by atoms with Gasteiger partial charge in [0.05, 0.1) is 27.7 Å². The van der Waals surface area contributed by atoms with E-state index >= 15 is 0 Å². The molecule has 10 rings (SSSR count). The third-order valence-electron chi connectivity index (χ3n) is 10.8. The molecule has 0 spiro atoms. The Balaban J connectivity index is 0.936. The molecular weight excluding hydrogens is 691 g/mol. The number of aromatic amines is 1. The molecule has 9 heteroatoms. The van der Waals surface area contributed by atoms with Crippen molar-refractivity contribution in [3.8, 4) is 5.75 Å². The van der Waals surface area contributed by atoms with Crippen LogP contribution < -0.4 is 15.2 Å². The van der Waals surface area contributed by atoms with Crippen molar-refractivity contribution in [1.29, 1.82) is 0 Å². The molecule has 0 fully saturated rings. The maximum atomic E-state index is 14.0. The van der Waals surface area contributed by atoms with E-state index < -0.39 is 34.9 Å². The molecule has 1 aromatic heterocycles. The normalized spacial score (nSPS) is 16.3. The Hall–Kier alpha value is -7.26. The summed E-state index contributed by atoms with van der Waals surface area (Å²) in [7, 11) is 0. The van der Waals surface area contributed by atoms with Crippen molar-refractivity contribution in [2.24, 2.45) is 0 Å². The first-order valence-corrected chi connectivity index (χ1v) is 18.0. The van der Waals surface area contributed by atoms with Gasteiger partial charge in [-0.1, -0.05) is 78.9 Å². The van der Waals surface area contributed by atoms with Gasteiger partial charge in [-0.15, -0.1) is 0 Å². The molecule has 0 unspecified atom stereocenters. The van der Waals surface area contributed by atoms with E-state index in [1.54, 1.807) is 54.6 Å². The van der Waals surface area contributed by atoms with Crippen LogP contribution in [0.1, 0.15) is 77.1 Å². The van der Waals surface area contributed by atoms with Crippen molar-refractivity contribution in [2.45, 2.75) is 25.4 Å². The van der Waals surface area contributed by atoms with Crippen LogP contribution in [0.4, 0.5) is 5.69 Å². The minimum atomic E-state index is -1.35. The van der Waals surface area contributed by atoms with Gasteiger partial charge in [0.2, 0.25) is 0 Å². The maximum absolute atomic E-state index is 14.0. The summed E-state index contributed by atoms with van der Waals surface area (Å²) < 4.78 is 5.87. The van der Waals surface area contributed by atoms with Crippen LogP contribution in [0.15, 0.2) is 143 Å². The number of rotatable bonds is 7. The highest BCUT2D eigenvalue weighted by Gasteiger charge is 2.43. The minimum Gasteiger partial charge on any atom is -0.489 e. The molecule has 264 valence electrons. The predicted molar refractivity (Wildman–Crippen MR) is 209 cm³/mol. The third-order valence-corrected chi connectivity index (χ3v) is 10.8. The second-order valence-electron chi connectivity index (χ2n) is 14.1. The molecule has 9 nitrogen and oxygen atoms in total. The number of anilines is 1. The van der Waals surface area contributed by atoms with Crippen LogP contribution in [0.25, 0.3) is 27.2 Å². The van der Waals surface area contributed by atoms with Crippen LogP contribution >= 0.6 is 0 Å². The van der Waals surface area contributed by atoms with Gasteiger partial charge >= 0.3 is 0 Å². The zero-order valence-corrected chi connectivity index (χ0v) is 29.2. The second kappa shape index (κ2) is 12.4. The summed E-state index contributed by atoms with van der Waals surface area (Å²) >= 11 is 0. The van der Waals surface area contributed by atoms with Crippen LogP contribution in [-0.2, 0) is 6.61 Å². The number of allylic oxidation sites excluding steroid dienone is 8. The first kappa shape index (κ1) is 32.4. The number of imide groups is 1. The quantitative estimate of drug-likeness (QED) is 0.130. The summed E-state index contributed by atoms with van der Waals surface area (Å²) in [6, 6.07) is 28.3. The minimum absolute atomic E-state index is 0.0517. The Morgan fingerprint density at radius 3 is 2.05 bits per heavy atom. The van der Waals surface area contributed by atoms with Crippen molar-refractivity contribution in [1.82, 2.24) is 9.97 Å². The highest BCUT2D eigenvalue weighted by molar-refractivity contribution is 6.36. The standard InChI is InChI=1S/C46H29N3O6/c50-41-33-19-29-21-35-36(46(54)49(45(35)53)39-13-7-6-12-32(39)28-15-14-27(18-28)26-10-4-5-11-26)22-30(29)20-34(33)42(51)40(41)43-47-38-17-16-31(23-37(38)44(52)48-43)55-24-25-8-2-1-3-9-25/h1-10,12-17,19-23,40H,11,18,24H2,(H,47,48,52). The second-order valence-corrected chi connectivity index (χ2v) is 14.1. The number of fused-ring (bicyclic) bond motifs is 4. The van der Waals surface area contributed by atoms with Crippen LogP contribution in [0.3, 0.4) is 0 Å². The van der Waals surface area contributed by atoms with Gasteiger partial charge in [-0.2, -0.15) is 0 Å². The molecular formula is C46H29N3O6. The molecule has 6 aromatic rings. The molecule has 55 heavy (non-hydrogen) atoms. The number of carbonyl (C=O) groups excluding carboxylic acids is 4. The SMILES string of the molecule is O=C1c2cc3cc4c(cc3cc2C(=O)C1c1nc2ccc(OCc3ccccc3)cc2c(=O)[nH]1)C(=O)N(c1ccccc1C1=CC=C(C2=CC=CC2)C1)C4=O. The number of ketones is 2. The van der Waals surface area contributed by atoms with Crippen LogP contribution in [0.2, 0.25) is 0 Å². The van der Waals surface area contributed by atoms with Gasteiger partial charge in [0.15, 0.2) is 11.6 Å². The number of para-hydroxylation sites is 1. The Kier molecular flexibility index (Phi) is 7.31. The number of aromatic nitrogens is 2.